The second kappa shape index (κ2) is 5.71. The molecule has 0 bridgehead atoms. The molecule has 1 aromatic heterocycles. The summed E-state index contributed by atoms with van der Waals surface area (Å²) in [7, 11) is 1.46. The van der Waals surface area contributed by atoms with E-state index in [1.165, 1.54) is 13.2 Å². The SMILES string of the molecule is COc1cc(Cl)cc(C=O)c1OCc1noc(C)n1. The minimum absolute atomic E-state index is 0.0656. The number of methoxy groups -OCH3 is 1. The van der Waals surface area contributed by atoms with E-state index in [0.29, 0.717) is 40.1 Å². The average molecular weight is 283 g/mol. The molecule has 1 aromatic carbocycles. The summed E-state index contributed by atoms with van der Waals surface area (Å²) in [4.78, 5) is 15.0. The number of aryl methyl sites for hydroxylation is 1. The summed E-state index contributed by atoms with van der Waals surface area (Å²) < 4.78 is 15.5. The molecule has 0 aliphatic heterocycles. The fourth-order valence-electron chi connectivity index (χ4n) is 1.52. The van der Waals surface area contributed by atoms with Gasteiger partial charge in [-0.25, -0.2) is 0 Å². The number of nitrogens with zero attached hydrogens (tertiary/aromatic N) is 2. The van der Waals surface area contributed by atoms with Crippen LogP contribution < -0.4 is 9.47 Å². The van der Waals surface area contributed by atoms with Gasteiger partial charge >= 0.3 is 0 Å². The molecule has 100 valence electrons. The molecule has 0 N–H and O–H groups in total. The van der Waals surface area contributed by atoms with Gasteiger partial charge < -0.3 is 14.0 Å². The van der Waals surface area contributed by atoms with Crippen molar-refractivity contribution in [1.29, 1.82) is 0 Å². The summed E-state index contributed by atoms with van der Waals surface area (Å²) in [5.41, 5.74) is 0.296. The van der Waals surface area contributed by atoms with Crippen LogP contribution in [0.3, 0.4) is 0 Å². The molecule has 2 aromatic rings. The Morgan fingerprint density at radius 3 is 2.84 bits per heavy atom. The number of aromatic nitrogens is 2. The lowest BCUT2D eigenvalue weighted by molar-refractivity contribution is 0.111. The van der Waals surface area contributed by atoms with E-state index in [4.69, 9.17) is 25.6 Å². The van der Waals surface area contributed by atoms with Crippen molar-refractivity contribution in [3.8, 4) is 11.5 Å². The molecule has 2 rings (SSSR count). The first-order valence-electron chi connectivity index (χ1n) is 5.38. The molecule has 0 fully saturated rings. The molecule has 7 heteroatoms. The third-order valence-corrected chi connectivity index (χ3v) is 2.53. The van der Waals surface area contributed by atoms with E-state index in [2.05, 4.69) is 10.1 Å². The Balaban J connectivity index is 2.25. The highest BCUT2D eigenvalue weighted by molar-refractivity contribution is 6.31. The van der Waals surface area contributed by atoms with Gasteiger partial charge in [0.1, 0.15) is 0 Å². The van der Waals surface area contributed by atoms with E-state index in [1.54, 1.807) is 13.0 Å². The lowest BCUT2D eigenvalue weighted by Crippen LogP contribution is -2.02. The van der Waals surface area contributed by atoms with Crippen LogP contribution in [0.25, 0.3) is 0 Å². The number of hydrogen-bond acceptors (Lipinski definition) is 6. The maximum Gasteiger partial charge on any atom is 0.223 e. The van der Waals surface area contributed by atoms with E-state index in [-0.39, 0.29) is 6.61 Å². The molecule has 19 heavy (non-hydrogen) atoms. The number of benzene rings is 1. The van der Waals surface area contributed by atoms with Crippen molar-refractivity contribution in [2.75, 3.05) is 7.11 Å². The van der Waals surface area contributed by atoms with Crippen molar-refractivity contribution in [3.05, 3.63) is 34.4 Å². The molecular weight excluding hydrogens is 272 g/mol. The number of carbonyl (C=O) groups excluding carboxylic acids is 1. The lowest BCUT2D eigenvalue weighted by atomic mass is 10.2. The van der Waals surface area contributed by atoms with E-state index in [0.717, 1.165) is 0 Å². The van der Waals surface area contributed by atoms with Gasteiger partial charge in [-0.2, -0.15) is 4.98 Å². The third-order valence-electron chi connectivity index (χ3n) is 2.31. The molecule has 0 unspecified atom stereocenters. The summed E-state index contributed by atoms with van der Waals surface area (Å²) in [6, 6.07) is 3.05. The molecule has 0 aliphatic rings. The van der Waals surface area contributed by atoms with Crippen LogP contribution in [0, 0.1) is 6.92 Å². The number of hydrogen-bond donors (Lipinski definition) is 0. The lowest BCUT2D eigenvalue weighted by Gasteiger charge is -2.11. The Labute approximate surface area is 114 Å². The zero-order valence-electron chi connectivity index (χ0n) is 10.3. The number of aldehydes is 1. The van der Waals surface area contributed by atoms with Gasteiger partial charge in [-0.1, -0.05) is 16.8 Å². The van der Waals surface area contributed by atoms with E-state index in [9.17, 15) is 4.79 Å². The van der Waals surface area contributed by atoms with Crippen molar-refractivity contribution < 1.29 is 18.8 Å². The Kier molecular flexibility index (Phi) is 4.01. The highest BCUT2D eigenvalue weighted by Crippen LogP contribution is 2.34. The number of ether oxygens (including phenoxy) is 2. The molecule has 0 radical (unpaired) electrons. The summed E-state index contributed by atoms with van der Waals surface area (Å²) >= 11 is 5.87. The van der Waals surface area contributed by atoms with Crippen LogP contribution in [0.4, 0.5) is 0 Å². The van der Waals surface area contributed by atoms with Gasteiger partial charge in [-0.05, 0) is 6.07 Å². The Bertz CT molecular complexity index is 597. The second-order valence-electron chi connectivity index (χ2n) is 3.66. The predicted molar refractivity (Wildman–Crippen MR) is 66.8 cm³/mol. The van der Waals surface area contributed by atoms with Gasteiger partial charge in [0.2, 0.25) is 11.7 Å². The minimum atomic E-state index is 0.0656. The van der Waals surface area contributed by atoms with Gasteiger partial charge in [0, 0.05) is 18.0 Å². The highest BCUT2D eigenvalue weighted by Gasteiger charge is 2.14. The molecule has 1 heterocycles. The van der Waals surface area contributed by atoms with Gasteiger partial charge in [-0.3, -0.25) is 4.79 Å². The summed E-state index contributed by atoms with van der Waals surface area (Å²) in [6.07, 6.45) is 0.644. The number of carbonyl (C=O) groups is 1. The first-order chi connectivity index (χ1) is 9.13. The standard InChI is InChI=1S/C12H11ClN2O4/c1-7-14-11(15-19-7)6-18-12-8(5-16)3-9(13)4-10(12)17-2/h3-5H,6H2,1-2H3. The fraction of sp³-hybridized carbons (Fsp3) is 0.250. The predicted octanol–water partition coefficient (Wildman–Crippen LogP) is 2.43. The largest absolute Gasteiger partial charge is 0.493 e. The summed E-state index contributed by atoms with van der Waals surface area (Å²) in [6.45, 7) is 1.74. The first-order valence-corrected chi connectivity index (χ1v) is 5.76. The van der Waals surface area contributed by atoms with Crippen molar-refractivity contribution in [3.63, 3.8) is 0 Å². The van der Waals surface area contributed by atoms with Gasteiger partial charge in [0.05, 0.1) is 12.7 Å². The molecule has 0 amide bonds. The van der Waals surface area contributed by atoms with Crippen LogP contribution in [0.2, 0.25) is 5.02 Å². The summed E-state index contributed by atoms with van der Waals surface area (Å²) in [5, 5.41) is 4.08. The molecule has 6 nitrogen and oxygen atoms in total. The van der Waals surface area contributed by atoms with Gasteiger partial charge in [0.25, 0.3) is 0 Å². The topological polar surface area (TPSA) is 74.5 Å². The normalized spacial score (nSPS) is 10.3. The highest BCUT2D eigenvalue weighted by atomic mass is 35.5. The van der Waals surface area contributed by atoms with Crippen molar-refractivity contribution in [1.82, 2.24) is 10.1 Å². The summed E-state index contributed by atoms with van der Waals surface area (Å²) in [5.74, 6) is 1.49. The smallest absolute Gasteiger partial charge is 0.223 e. The van der Waals surface area contributed by atoms with Crippen molar-refractivity contribution in [2.24, 2.45) is 0 Å². The molecule has 0 aliphatic carbocycles. The van der Waals surface area contributed by atoms with Gasteiger partial charge in [0.15, 0.2) is 24.4 Å². The number of halogens is 1. The maximum atomic E-state index is 11.0. The molecule has 0 spiro atoms. The van der Waals surface area contributed by atoms with Crippen LogP contribution in [-0.2, 0) is 6.61 Å². The molecule has 0 atom stereocenters. The Morgan fingerprint density at radius 2 is 2.26 bits per heavy atom. The van der Waals surface area contributed by atoms with Gasteiger partial charge in [-0.15, -0.1) is 0 Å². The molecule has 0 saturated carbocycles. The minimum Gasteiger partial charge on any atom is -0.493 e. The zero-order chi connectivity index (χ0) is 13.8. The van der Waals surface area contributed by atoms with Crippen LogP contribution in [0.1, 0.15) is 22.1 Å². The third kappa shape index (κ3) is 3.03. The maximum absolute atomic E-state index is 11.0. The monoisotopic (exact) mass is 282 g/mol. The molecular formula is C12H11ClN2O4. The van der Waals surface area contributed by atoms with Crippen LogP contribution in [-0.4, -0.2) is 23.5 Å². The Hall–Kier alpha value is -2.08. The van der Waals surface area contributed by atoms with Crippen molar-refractivity contribution in [2.45, 2.75) is 13.5 Å². The quantitative estimate of drug-likeness (QED) is 0.784. The fourth-order valence-corrected chi connectivity index (χ4v) is 1.74. The first kappa shape index (κ1) is 13.4. The van der Waals surface area contributed by atoms with Crippen LogP contribution >= 0.6 is 11.6 Å². The van der Waals surface area contributed by atoms with E-state index >= 15 is 0 Å². The van der Waals surface area contributed by atoms with Crippen LogP contribution in [0.15, 0.2) is 16.7 Å². The second-order valence-corrected chi connectivity index (χ2v) is 4.10. The van der Waals surface area contributed by atoms with Crippen molar-refractivity contribution >= 4 is 17.9 Å². The molecule has 0 saturated heterocycles. The zero-order valence-corrected chi connectivity index (χ0v) is 11.1. The Morgan fingerprint density at radius 1 is 1.47 bits per heavy atom. The van der Waals surface area contributed by atoms with E-state index in [1.807, 2.05) is 0 Å². The van der Waals surface area contributed by atoms with E-state index < -0.39 is 0 Å². The average Bonchev–Trinajstić information content (AvgIpc) is 2.81. The number of rotatable bonds is 5. The van der Waals surface area contributed by atoms with Crippen LogP contribution in [0.5, 0.6) is 11.5 Å².